The summed E-state index contributed by atoms with van der Waals surface area (Å²) < 4.78 is 5.27. The lowest BCUT2D eigenvalue weighted by atomic mass is 10.0. The number of amides is 1. The second-order valence-electron chi connectivity index (χ2n) is 4.85. The van der Waals surface area contributed by atoms with Crippen LogP contribution < -0.4 is 0 Å². The van der Waals surface area contributed by atoms with Crippen LogP contribution in [0.2, 0.25) is 0 Å². The van der Waals surface area contributed by atoms with Gasteiger partial charge in [-0.3, -0.25) is 4.79 Å². The van der Waals surface area contributed by atoms with Crippen LogP contribution in [-0.2, 0) is 16.1 Å². The summed E-state index contributed by atoms with van der Waals surface area (Å²) in [5.74, 6) is 0.732. The van der Waals surface area contributed by atoms with Gasteiger partial charge in [-0.25, -0.2) is 0 Å². The molecular weight excluding hydrogens is 230 g/mol. The Labute approximate surface area is 107 Å². The van der Waals surface area contributed by atoms with Gasteiger partial charge in [-0.1, -0.05) is 12.1 Å². The van der Waals surface area contributed by atoms with Gasteiger partial charge in [0.05, 0.1) is 0 Å². The van der Waals surface area contributed by atoms with Gasteiger partial charge in [0, 0.05) is 33.2 Å². The minimum Gasteiger partial charge on any atom is -0.508 e. The highest BCUT2D eigenvalue weighted by Crippen LogP contribution is 2.18. The molecule has 0 saturated carbocycles. The van der Waals surface area contributed by atoms with Crippen LogP contribution in [0.4, 0.5) is 0 Å². The molecule has 1 aromatic rings. The van der Waals surface area contributed by atoms with Gasteiger partial charge in [0.1, 0.15) is 5.75 Å². The summed E-state index contributed by atoms with van der Waals surface area (Å²) in [6.45, 7) is 2.00. The molecule has 0 bridgehead atoms. The number of aromatic hydroxyl groups is 1. The van der Waals surface area contributed by atoms with E-state index in [0.717, 1.165) is 18.6 Å². The van der Waals surface area contributed by atoms with Crippen LogP contribution in [0.5, 0.6) is 5.75 Å². The Morgan fingerprint density at radius 1 is 1.56 bits per heavy atom. The molecule has 4 nitrogen and oxygen atoms in total. The third-order valence-electron chi connectivity index (χ3n) is 3.24. The summed E-state index contributed by atoms with van der Waals surface area (Å²) in [4.78, 5) is 13.7. The Hall–Kier alpha value is -1.55. The number of carbonyl (C=O) groups is 1. The van der Waals surface area contributed by atoms with Crippen molar-refractivity contribution in [2.45, 2.75) is 19.4 Å². The first kappa shape index (κ1) is 12.9. The van der Waals surface area contributed by atoms with Crippen molar-refractivity contribution in [3.63, 3.8) is 0 Å². The van der Waals surface area contributed by atoms with Gasteiger partial charge in [-0.05, 0) is 30.0 Å². The van der Waals surface area contributed by atoms with Crippen LogP contribution in [0, 0.1) is 5.92 Å². The highest BCUT2D eigenvalue weighted by atomic mass is 16.5. The molecule has 18 heavy (non-hydrogen) atoms. The first-order chi connectivity index (χ1) is 8.65. The predicted octanol–water partition coefficient (Wildman–Crippen LogP) is 1.78. The van der Waals surface area contributed by atoms with Gasteiger partial charge in [0.2, 0.25) is 5.91 Å². The van der Waals surface area contributed by atoms with E-state index >= 15 is 0 Å². The van der Waals surface area contributed by atoms with Gasteiger partial charge in [0.15, 0.2) is 0 Å². The first-order valence-corrected chi connectivity index (χ1v) is 6.25. The minimum atomic E-state index is 0.133. The summed E-state index contributed by atoms with van der Waals surface area (Å²) in [7, 11) is 1.79. The molecule has 1 atom stereocenters. The van der Waals surface area contributed by atoms with Gasteiger partial charge in [0.25, 0.3) is 0 Å². The molecule has 1 aromatic carbocycles. The number of hydrogen-bond donors (Lipinski definition) is 1. The maximum absolute atomic E-state index is 12.0. The molecule has 1 unspecified atom stereocenters. The summed E-state index contributed by atoms with van der Waals surface area (Å²) in [6, 6.07) is 7.00. The van der Waals surface area contributed by atoms with Crippen LogP contribution in [0.1, 0.15) is 18.4 Å². The molecule has 0 radical (unpaired) electrons. The van der Waals surface area contributed by atoms with E-state index in [1.807, 2.05) is 6.07 Å². The zero-order chi connectivity index (χ0) is 13.0. The Balaban J connectivity index is 1.86. The molecule has 2 rings (SSSR count). The number of hydrogen-bond acceptors (Lipinski definition) is 3. The van der Waals surface area contributed by atoms with Crippen LogP contribution in [0.15, 0.2) is 24.3 Å². The summed E-state index contributed by atoms with van der Waals surface area (Å²) in [6.07, 6.45) is 1.53. The highest BCUT2D eigenvalue weighted by Gasteiger charge is 2.21. The second-order valence-corrected chi connectivity index (χ2v) is 4.85. The van der Waals surface area contributed by atoms with Crippen LogP contribution in [-0.4, -0.2) is 36.2 Å². The topological polar surface area (TPSA) is 49.8 Å². The van der Waals surface area contributed by atoms with E-state index in [9.17, 15) is 9.90 Å². The van der Waals surface area contributed by atoms with Crippen molar-refractivity contribution in [3.05, 3.63) is 29.8 Å². The largest absolute Gasteiger partial charge is 0.508 e. The van der Waals surface area contributed by atoms with E-state index in [4.69, 9.17) is 4.74 Å². The number of phenols is 1. The monoisotopic (exact) mass is 249 g/mol. The molecule has 1 heterocycles. The lowest BCUT2D eigenvalue weighted by Crippen LogP contribution is -2.28. The Bertz CT molecular complexity index is 413. The molecular formula is C14H19NO3. The Morgan fingerprint density at radius 2 is 2.39 bits per heavy atom. The van der Waals surface area contributed by atoms with Crippen molar-refractivity contribution in [2.24, 2.45) is 5.92 Å². The molecule has 1 saturated heterocycles. The van der Waals surface area contributed by atoms with E-state index < -0.39 is 0 Å². The van der Waals surface area contributed by atoms with Gasteiger partial charge in [-0.15, -0.1) is 0 Å². The number of ether oxygens (including phenoxy) is 1. The molecule has 1 aliphatic heterocycles. The predicted molar refractivity (Wildman–Crippen MR) is 68.1 cm³/mol. The van der Waals surface area contributed by atoms with E-state index in [0.29, 0.717) is 25.5 Å². The molecule has 0 spiro atoms. The van der Waals surface area contributed by atoms with Crippen LogP contribution in [0.3, 0.4) is 0 Å². The third kappa shape index (κ3) is 3.47. The van der Waals surface area contributed by atoms with Gasteiger partial charge < -0.3 is 14.7 Å². The third-order valence-corrected chi connectivity index (χ3v) is 3.24. The molecule has 1 N–H and O–H groups in total. The molecule has 98 valence electrons. The fraction of sp³-hybridized carbons (Fsp3) is 0.500. The normalized spacial score (nSPS) is 18.8. The zero-order valence-corrected chi connectivity index (χ0v) is 10.6. The number of benzene rings is 1. The lowest BCUT2D eigenvalue weighted by molar-refractivity contribution is -0.131. The van der Waals surface area contributed by atoms with Gasteiger partial charge in [-0.2, -0.15) is 0 Å². The average molecular weight is 249 g/mol. The quantitative estimate of drug-likeness (QED) is 0.885. The van der Waals surface area contributed by atoms with E-state index in [1.54, 1.807) is 30.1 Å². The van der Waals surface area contributed by atoms with Crippen molar-refractivity contribution in [1.29, 1.82) is 0 Å². The number of phenolic OH excluding ortho intramolecular Hbond substituents is 1. The van der Waals surface area contributed by atoms with Crippen molar-refractivity contribution < 1.29 is 14.6 Å². The SMILES string of the molecule is CN(Cc1cccc(O)c1)C(=O)CC1CCOC1. The molecule has 1 fully saturated rings. The number of nitrogens with zero attached hydrogens (tertiary/aromatic N) is 1. The second kappa shape index (κ2) is 5.87. The maximum atomic E-state index is 12.0. The number of rotatable bonds is 4. The van der Waals surface area contributed by atoms with Gasteiger partial charge >= 0.3 is 0 Å². The highest BCUT2D eigenvalue weighted by molar-refractivity contribution is 5.76. The average Bonchev–Trinajstić information content (AvgIpc) is 2.81. The van der Waals surface area contributed by atoms with Crippen LogP contribution in [0.25, 0.3) is 0 Å². The van der Waals surface area contributed by atoms with Crippen molar-refractivity contribution in [1.82, 2.24) is 4.90 Å². The van der Waals surface area contributed by atoms with E-state index in [1.165, 1.54) is 0 Å². The first-order valence-electron chi connectivity index (χ1n) is 6.25. The maximum Gasteiger partial charge on any atom is 0.222 e. The fourth-order valence-corrected chi connectivity index (χ4v) is 2.16. The molecule has 1 aliphatic rings. The van der Waals surface area contributed by atoms with Crippen molar-refractivity contribution in [3.8, 4) is 5.75 Å². The molecule has 1 amide bonds. The van der Waals surface area contributed by atoms with E-state index in [2.05, 4.69) is 0 Å². The molecule has 0 aliphatic carbocycles. The standard InChI is InChI=1S/C14H19NO3/c1-15(9-11-3-2-4-13(16)7-11)14(17)8-12-5-6-18-10-12/h2-4,7,12,16H,5-6,8-10H2,1H3. The Morgan fingerprint density at radius 3 is 3.06 bits per heavy atom. The van der Waals surface area contributed by atoms with Crippen LogP contribution >= 0.6 is 0 Å². The zero-order valence-electron chi connectivity index (χ0n) is 10.6. The minimum absolute atomic E-state index is 0.133. The Kier molecular flexibility index (Phi) is 4.20. The smallest absolute Gasteiger partial charge is 0.222 e. The van der Waals surface area contributed by atoms with Crippen molar-refractivity contribution in [2.75, 3.05) is 20.3 Å². The van der Waals surface area contributed by atoms with Crippen molar-refractivity contribution >= 4 is 5.91 Å². The summed E-state index contributed by atoms with van der Waals surface area (Å²) in [5, 5.41) is 9.37. The number of carbonyl (C=O) groups excluding carboxylic acids is 1. The molecule has 4 heteroatoms. The summed E-state index contributed by atoms with van der Waals surface area (Å²) >= 11 is 0. The molecule has 0 aromatic heterocycles. The fourth-order valence-electron chi connectivity index (χ4n) is 2.16. The lowest BCUT2D eigenvalue weighted by Gasteiger charge is -2.19. The summed E-state index contributed by atoms with van der Waals surface area (Å²) in [5.41, 5.74) is 0.938. The van der Waals surface area contributed by atoms with E-state index in [-0.39, 0.29) is 11.7 Å².